The van der Waals surface area contributed by atoms with E-state index in [0.29, 0.717) is 0 Å². The lowest BCUT2D eigenvalue weighted by Gasteiger charge is -2.12. The van der Waals surface area contributed by atoms with Gasteiger partial charge in [-0.25, -0.2) is 0 Å². The van der Waals surface area contributed by atoms with Crippen molar-refractivity contribution in [2.45, 2.75) is 26.7 Å². The number of benzene rings is 2. The molecule has 104 valence electrons. The van der Waals surface area contributed by atoms with E-state index in [9.17, 15) is 0 Å². The summed E-state index contributed by atoms with van der Waals surface area (Å²) in [6.07, 6.45) is 4.40. The van der Waals surface area contributed by atoms with E-state index >= 15 is 0 Å². The van der Waals surface area contributed by atoms with Gasteiger partial charge in [-0.15, -0.1) is 0 Å². The molecule has 1 aliphatic carbocycles. The van der Waals surface area contributed by atoms with Crippen LogP contribution in [0.1, 0.15) is 31.4 Å². The zero-order chi connectivity index (χ0) is 14.4. The summed E-state index contributed by atoms with van der Waals surface area (Å²) < 4.78 is 2.33. The second-order valence-electron chi connectivity index (χ2n) is 5.84. The van der Waals surface area contributed by atoms with Crippen LogP contribution in [0.15, 0.2) is 60.3 Å². The summed E-state index contributed by atoms with van der Waals surface area (Å²) in [7, 11) is 0. The summed E-state index contributed by atoms with van der Waals surface area (Å²) in [5.74, 6) is 0. The molecule has 0 radical (unpaired) electrons. The topological polar surface area (TPSA) is 4.93 Å². The molecule has 0 unspecified atom stereocenters. The molecule has 1 heteroatoms. The minimum atomic E-state index is 1.08. The Morgan fingerprint density at radius 3 is 2.71 bits per heavy atom. The van der Waals surface area contributed by atoms with Gasteiger partial charge in [0.15, 0.2) is 0 Å². The quantitative estimate of drug-likeness (QED) is 0.591. The van der Waals surface area contributed by atoms with Crippen molar-refractivity contribution < 1.29 is 0 Å². The Morgan fingerprint density at radius 1 is 1.00 bits per heavy atom. The molecule has 0 saturated carbocycles. The van der Waals surface area contributed by atoms with Crippen LogP contribution in [0.2, 0.25) is 0 Å². The Balaban J connectivity index is 1.95. The van der Waals surface area contributed by atoms with Crippen LogP contribution in [0.4, 0.5) is 0 Å². The number of hydrogen-bond acceptors (Lipinski definition) is 0. The van der Waals surface area contributed by atoms with E-state index in [-0.39, 0.29) is 0 Å². The first-order valence-electron chi connectivity index (χ1n) is 7.67. The van der Waals surface area contributed by atoms with E-state index in [1.54, 1.807) is 0 Å². The minimum Gasteiger partial charge on any atom is -0.316 e. The molecule has 0 N–H and O–H groups in total. The van der Waals surface area contributed by atoms with Gasteiger partial charge in [0.1, 0.15) is 0 Å². The van der Waals surface area contributed by atoms with Crippen molar-refractivity contribution in [2.24, 2.45) is 0 Å². The molecule has 4 rings (SSSR count). The molecule has 0 spiro atoms. The number of fused-ring (bicyclic) bond motifs is 2. The van der Waals surface area contributed by atoms with Crippen molar-refractivity contribution in [3.8, 4) is 5.69 Å². The summed E-state index contributed by atoms with van der Waals surface area (Å²) in [5.41, 5.74) is 8.60. The molecular weight excluding hydrogens is 254 g/mol. The lowest BCUT2D eigenvalue weighted by molar-refractivity contribution is 1.07. The molecule has 0 fully saturated rings. The van der Waals surface area contributed by atoms with E-state index in [4.69, 9.17) is 0 Å². The second-order valence-corrected chi connectivity index (χ2v) is 5.84. The van der Waals surface area contributed by atoms with Crippen LogP contribution in [0.3, 0.4) is 0 Å². The predicted molar refractivity (Wildman–Crippen MR) is 89.9 cm³/mol. The Morgan fingerprint density at radius 2 is 1.86 bits per heavy atom. The first-order chi connectivity index (χ1) is 10.3. The van der Waals surface area contributed by atoms with Gasteiger partial charge in [0.05, 0.1) is 5.52 Å². The van der Waals surface area contributed by atoms with E-state index in [0.717, 1.165) is 12.8 Å². The lowest BCUT2D eigenvalue weighted by atomic mass is 10.0. The largest absolute Gasteiger partial charge is 0.316 e. The molecule has 0 amide bonds. The maximum absolute atomic E-state index is 2.33. The molecule has 1 aliphatic rings. The van der Waals surface area contributed by atoms with Gasteiger partial charge < -0.3 is 4.57 Å². The lowest BCUT2D eigenvalue weighted by Crippen LogP contribution is -1.98. The van der Waals surface area contributed by atoms with Crippen molar-refractivity contribution in [3.63, 3.8) is 0 Å². The SMILES string of the molecule is CCC1=C(C)Cc2c1cccc2-n1ccc2ccccc21. The van der Waals surface area contributed by atoms with Crippen LogP contribution in [0.5, 0.6) is 0 Å². The van der Waals surface area contributed by atoms with Gasteiger partial charge >= 0.3 is 0 Å². The average Bonchev–Trinajstić information content (AvgIpc) is 3.06. The Kier molecular flexibility index (Phi) is 2.75. The molecule has 1 aromatic heterocycles. The third kappa shape index (κ3) is 1.77. The van der Waals surface area contributed by atoms with Gasteiger partial charge in [0.25, 0.3) is 0 Å². The highest BCUT2D eigenvalue weighted by molar-refractivity contribution is 5.84. The number of aromatic nitrogens is 1. The van der Waals surface area contributed by atoms with Crippen molar-refractivity contribution in [1.29, 1.82) is 0 Å². The fourth-order valence-electron chi connectivity index (χ4n) is 3.66. The summed E-state index contributed by atoms with van der Waals surface area (Å²) in [5, 5.41) is 1.30. The molecule has 21 heavy (non-hydrogen) atoms. The summed E-state index contributed by atoms with van der Waals surface area (Å²) in [6, 6.07) is 17.5. The fourth-order valence-corrected chi connectivity index (χ4v) is 3.66. The normalized spacial score (nSPS) is 14.0. The van der Waals surface area contributed by atoms with Gasteiger partial charge in [-0.3, -0.25) is 0 Å². The molecule has 1 heterocycles. The van der Waals surface area contributed by atoms with Crippen LogP contribution < -0.4 is 0 Å². The van der Waals surface area contributed by atoms with Gasteiger partial charge in [-0.2, -0.15) is 0 Å². The number of rotatable bonds is 2. The first-order valence-corrected chi connectivity index (χ1v) is 7.67. The molecule has 0 bridgehead atoms. The molecule has 3 aromatic rings. The van der Waals surface area contributed by atoms with Crippen molar-refractivity contribution in [1.82, 2.24) is 4.57 Å². The maximum atomic E-state index is 2.33. The van der Waals surface area contributed by atoms with Gasteiger partial charge in [0.2, 0.25) is 0 Å². The van der Waals surface area contributed by atoms with Gasteiger partial charge in [0, 0.05) is 11.9 Å². The first kappa shape index (κ1) is 12.5. The molecule has 0 atom stereocenters. The number of hydrogen-bond donors (Lipinski definition) is 0. The smallest absolute Gasteiger partial charge is 0.0528 e. The molecular formula is C20H19N. The highest BCUT2D eigenvalue weighted by Crippen LogP contribution is 2.38. The summed E-state index contributed by atoms with van der Waals surface area (Å²) in [6.45, 7) is 4.53. The van der Waals surface area contributed by atoms with Gasteiger partial charge in [-0.05, 0) is 60.1 Å². The minimum absolute atomic E-state index is 1.08. The zero-order valence-corrected chi connectivity index (χ0v) is 12.6. The Labute approximate surface area is 125 Å². The van der Waals surface area contributed by atoms with Crippen LogP contribution in [0.25, 0.3) is 22.2 Å². The van der Waals surface area contributed by atoms with Crippen molar-refractivity contribution in [3.05, 3.63) is 71.4 Å². The molecule has 0 saturated heterocycles. The number of allylic oxidation sites excluding steroid dienone is 2. The van der Waals surface area contributed by atoms with E-state index in [1.165, 1.54) is 38.9 Å². The summed E-state index contributed by atoms with van der Waals surface area (Å²) in [4.78, 5) is 0. The van der Waals surface area contributed by atoms with Gasteiger partial charge in [-0.1, -0.05) is 42.8 Å². The van der Waals surface area contributed by atoms with Crippen LogP contribution in [-0.2, 0) is 6.42 Å². The zero-order valence-electron chi connectivity index (χ0n) is 12.6. The second kappa shape index (κ2) is 4.63. The summed E-state index contributed by atoms with van der Waals surface area (Å²) >= 11 is 0. The fraction of sp³-hybridized carbons (Fsp3) is 0.200. The Hall–Kier alpha value is -2.28. The van der Waals surface area contributed by atoms with Crippen molar-refractivity contribution >= 4 is 16.5 Å². The van der Waals surface area contributed by atoms with E-state index in [2.05, 4.69) is 73.1 Å². The monoisotopic (exact) mass is 273 g/mol. The predicted octanol–water partition coefficient (Wildman–Crippen LogP) is 5.37. The standard InChI is InChI=1S/C20H19N/c1-3-16-14(2)13-18-17(16)8-6-10-20(18)21-12-11-15-7-4-5-9-19(15)21/h4-12H,3,13H2,1-2H3. The molecule has 0 aliphatic heterocycles. The molecule has 2 aromatic carbocycles. The van der Waals surface area contributed by atoms with Crippen LogP contribution >= 0.6 is 0 Å². The Bertz CT molecular complexity index is 864. The maximum Gasteiger partial charge on any atom is 0.0528 e. The highest BCUT2D eigenvalue weighted by atomic mass is 15.0. The third-order valence-electron chi connectivity index (χ3n) is 4.65. The van der Waals surface area contributed by atoms with Crippen molar-refractivity contribution in [2.75, 3.05) is 0 Å². The third-order valence-corrected chi connectivity index (χ3v) is 4.65. The van der Waals surface area contributed by atoms with E-state index in [1.807, 2.05) is 0 Å². The van der Waals surface area contributed by atoms with Crippen LogP contribution in [0, 0.1) is 0 Å². The molecule has 1 nitrogen and oxygen atoms in total. The number of para-hydroxylation sites is 1. The highest BCUT2D eigenvalue weighted by Gasteiger charge is 2.21. The van der Waals surface area contributed by atoms with E-state index < -0.39 is 0 Å². The van der Waals surface area contributed by atoms with Crippen LogP contribution in [-0.4, -0.2) is 4.57 Å². The average molecular weight is 273 g/mol. The number of nitrogens with zero attached hydrogens (tertiary/aromatic N) is 1.